The molecular weight excluding hydrogens is 815 g/mol. The Morgan fingerprint density at radius 1 is 0.439 bits per heavy atom. The van der Waals surface area contributed by atoms with Gasteiger partial charge in [-0.1, -0.05) is 256 Å². The number of amides is 1. The second kappa shape index (κ2) is 54.0. The third-order valence-corrected chi connectivity index (χ3v) is 13.5. The van der Waals surface area contributed by atoms with Crippen molar-refractivity contribution in [2.45, 2.75) is 328 Å². The Kier molecular flexibility index (Phi) is 52.5. The van der Waals surface area contributed by atoms with Crippen LogP contribution in [0.5, 0.6) is 0 Å². The first-order valence-corrected chi connectivity index (χ1v) is 29.2. The van der Waals surface area contributed by atoms with Crippen molar-refractivity contribution in [3.05, 3.63) is 36.5 Å². The highest BCUT2D eigenvalue weighted by molar-refractivity contribution is 5.77. The Hall–Kier alpha value is -1.92. The van der Waals surface area contributed by atoms with E-state index >= 15 is 0 Å². The molecule has 3 N–H and O–H groups in total. The second-order valence-electron chi connectivity index (χ2n) is 20.1. The van der Waals surface area contributed by atoms with Crippen LogP contribution in [0.25, 0.3) is 0 Å². The number of esters is 1. The maximum atomic E-state index is 13.3. The predicted molar refractivity (Wildman–Crippen MR) is 287 cm³/mol. The number of allylic oxidation sites excluding steroid dienone is 6. The van der Waals surface area contributed by atoms with Crippen molar-refractivity contribution in [1.29, 1.82) is 0 Å². The van der Waals surface area contributed by atoms with Crippen LogP contribution in [0.1, 0.15) is 310 Å². The average molecular weight is 929 g/mol. The van der Waals surface area contributed by atoms with Crippen molar-refractivity contribution < 1.29 is 24.5 Å². The summed E-state index contributed by atoms with van der Waals surface area (Å²) in [4.78, 5) is 26.3. The summed E-state index contributed by atoms with van der Waals surface area (Å²) < 4.78 is 5.95. The zero-order valence-corrected chi connectivity index (χ0v) is 44.3. The van der Waals surface area contributed by atoms with Gasteiger partial charge >= 0.3 is 5.97 Å². The number of aliphatic hydroxyl groups is 2. The average Bonchev–Trinajstić information content (AvgIpc) is 3.31. The molecule has 0 aromatic carbocycles. The molecule has 0 saturated heterocycles. The molecule has 0 aliphatic heterocycles. The van der Waals surface area contributed by atoms with Crippen molar-refractivity contribution in [3.63, 3.8) is 0 Å². The van der Waals surface area contributed by atoms with Crippen molar-refractivity contribution in [2.75, 3.05) is 6.61 Å². The van der Waals surface area contributed by atoms with Crippen LogP contribution in [0.3, 0.4) is 0 Å². The summed E-state index contributed by atoms with van der Waals surface area (Å²) in [6, 6.07) is -0.710. The van der Waals surface area contributed by atoms with E-state index in [2.05, 4.69) is 62.5 Å². The minimum Gasteiger partial charge on any atom is -0.462 e. The highest BCUT2D eigenvalue weighted by Gasteiger charge is 2.24. The highest BCUT2D eigenvalue weighted by atomic mass is 16.5. The molecule has 66 heavy (non-hydrogen) atoms. The van der Waals surface area contributed by atoms with Gasteiger partial charge in [-0.25, -0.2) is 0 Å². The van der Waals surface area contributed by atoms with E-state index in [4.69, 9.17) is 4.74 Å². The molecule has 388 valence electrons. The standard InChI is InChI=1S/C60H113NO5/c1-4-7-10-13-16-19-22-25-28-30-32-35-38-41-44-47-50-53-60(65)66-56(51-48-45-42-39-36-33-31-29-26-23-20-17-14-11-8-5-2)54-59(64)61-57(55-62)58(63)52-49-46-43-40-37-34-27-24-21-18-15-12-9-6-3/h25,28-29,31,33,36,56-58,62-63H,4-24,26-27,30,32,34-35,37-55H2,1-3H3,(H,61,64)/b28-25+,31-29+,36-33+. The molecule has 0 heterocycles. The quantitative estimate of drug-likeness (QED) is 0.0244. The zero-order chi connectivity index (χ0) is 48.1. The summed E-state index contributed by atoms with van der Waals surface area (Å²) in [5, 5.41) is 23.9. The SMILES string of the molecule is CCCCCCCC/C=C/CCCCCCCCCC(=O)OC(CCCCC/C=C/C=C/CCCCCCCCC)CC(=O)NC(CO)C(O)CCCCCCCCCCCCCCCC. The smallest absolute Gasteiger partial charge is 0.306 e. The van der Waals surface area contributed by atoms with Gasteiger partial charge in [-0.2, -0.15) is 0 Å². The first-order chi connectivity index (χ1) is 32.5. The molecule has 0 radical (unpaired) electrons. The van der Waals surface area contributed by atoms with Gasteiger partial charge in [0.1, 0.15) is 6.10 Å². The summed E-state index contributed by atoms with van der Waals surface area (Å²) in [7, 11) is 0. The lowest BCUT2D eigenvalue weighted by Gasteiger charge is -2.24. The molecule has 0 rings (SSSR count). The van der Waals surface area contributed by atoms with Crippen LogP contribution in [0.15, 0.2) is 36.5 Å². The number of unbranched alkanes of at least 4 members (excludes halogenated alkanes) is 36. The zero-order valence-electron chi connectivity index (χ0n) is 44.3. The third kappa shape index (κ3) is 48.5. The van der Waals surface area contributed by atoms with Crippen molar-refractivity contribution in [3.8, 4) is 0 Å². The largest absolute Gasteiger partial charge is 0.462 e. The minimum absolute atomic E-state index is 0.0610. The Morgan fingerprint density at radius 2 is 0.773 bits per heavy atom. The lowest BCUT2D eigenvalue weighted by Crippen LogP contribution is -2.46. The van der Waals surface area contributed by atoms with Crippen molar-refractivity contribution >= 4 is 11.9 Å². The van der Waals surface area contributed by atoms with Crippen molar-refractivity contribution in [1.82, 2.24) is 5.32 Å². The summed E-state index contributed by atoms with van der Waals surface area (Å²) in [6.45, 7) is 6.50. The van der Waals surface area contributed by atoms with E-state index in [0.29, 0.717) is 19.3 Å². The number of aliphatic hydroxyl groups excluding tert-OH is 2. The molecule has 0 aromatic rings. The van der Waals surface area contributed by atoms with E-state index in [-0.39, 0.29) is 24.9 Å². The molecule has 6 nitrogen and oxygen atoms in total. The molecule has 0 saturated carbocycles. The Balaban J connectivity index is 4.59. The van der Waals surface area contributed by atoms with E-state index in [1.807, 2.05) is 0 Å². The molecule has 0 fully saturated rings. The van der Waals surface area contributed by atoms with Crippen LogP contribution in [-0.4, -0.2) is 46.9 Å². The Bertz CT molecular complexity index is 1090. The Labute approximate surface area is 411 Å². The van der Waals surface area contributed by atoms with Gasteiger partial charge in [0, 0.05) is 6.42 Å². The van der Waals surface area contributed by atoms with Gasteiger partial charge < -0.3 is 20.3 Å². The number of carbonyl (C=O) groups excluding carboxylic acids is 2. The fourth-order valence-electron chi connectivity index (χ4n) is 9.01. The summed E-state index contributed by atoms with van der Waals surface area (Å²) in [5.41, 5.74) is 0. The van der Waals surface area contributed by atoms with Gasteiger partial charge in [-0.3, -0.25) is 9.59 Å². The fraction of sp³-hybridized carbons (Fsp3) is 0.867. The first-order valence-electron chi connectivity index (χ1n) is 29.2. The molecule has 0 spiro atoms. The third-order valence-electron chi connectivity index (χ3n) is 13.5. The maximum absolute atomic E-state index is 13.3. The van der Waals surface area contributed by atoms with E-state index in [1.54, 1.807) is 0 Å². The number of ether oxygens (including phenoxy) is 1. The van der Waals surface area contributed by atoms with Crippen LogP contribution >= 0.6 is 0 Å². The summed E-state index contributed by atoms with van der Waals surface area (Å²) >= 11 is 0. The lowest BCUT2D eigenvalue weighted by molar-refractivity contribution is -0.151. The maximum Gasteiger partial charge on any atom is 0.306 e. The molecule has 6 heteroatoms. The number of nitrogens with one attached hydrogen (secondary N) is 1. The first kappa shape index (κ1) is 64.1. The normalized spacial score (nSPS) is 13.3. The molecule has 0 aliphatic carbocycles. The van der Waals surface area contributed by atoms with E-state index in [0.717, 1.165) is 70.6 Å². The van der Waals surface area contributed by atoms with Gasteiger partial charge in [0.15, 0.2) is 0 Å². The monoisotopic (exact) mass is 928 g/mol. The number of rotatable bonds is 53. The molecule has 1 amide bonds. The molecule has 0 bridgehead atoms. The van der Waals surface area contributed by atoms with E-state index < -0.39 is 18.2 Å². The van der Waals surface area contributed by atoms with Gasteiger partial charge in [0.05, 0.1) is 25.2 Å². The van der Waals surface area contributed by atoms with E-state index in [9.17, 15) is 19.8 Å². The molecular formula is C60H113NO5. The van der Waals surface area contributed by atoms with Crippen LogP contribution in [0.4, 0.5) is 0 Å². The van der Waals surface area contributed by atoms with Crippen LogP contribution in [0, 0.1) is 0 Å². The van der Waals surface area contributed by atoms with Gasteiger partial charge in [0.25, 0.3) is 0 Å². The van der Waals surface area contributed by atoms with Crippen LogP contribution in [0.2, 0.25) is 0 Å². The number of carbonyl (C=O) groups is 2. The molecule has 3 unspecified atom stereocenters. The summed E-state index contributed by atoms with van der Waals surface area (Å²) in [6.07, 6.45) is 64.9. The predicted octanol–water partition coefficient (Wildman–Crippen LogP) is 18.0. The summed E-state index contributed by atoms with van der Waals surface area (Å²) in [5.74, 6) is -0.491. The van der Waals surface area contributed by atoms with Crippen LogP contribution < -0.4 is 5.32 Å². The van der Waals surface area contributed by atoms with E-state index in [1.165, 1.54) is 193 Å². The van der Waals surface area contributed by atoms with Gasteiger partial charge in [-0.15, -0.1) is 0 Å². The lowest BCUT2D eigenvalue weighted by atomic mass is 10.0. The topological polar surface area (TPSA) is 95.9 Å². The minimum atomic E-state index is -0.794. The molecule has 0 aromatic heterocycles. The highest BCUT2D eigenvalue weighted by Crippen LogP contribution is 2.18. The number of hydrogen-bond donors (Lipinski definition) is 3. The Morgan fingerprint density at radius 3 is 1.18 bits per heavy atom. The van der Waals surface area contributed by atoms with Crippen molar-refractivity contribution in [2.24, 2.45) is 0 Å². The fourth-order valence-corrected chi connectivity index (χ4v) is 9.01. The van der Waals surface area contributed by atoms with Gasteiger partial charge in [0.2, 0.25) is 5.91 Å². The number of hydrogen-bond acceptors (Lipinski definition) is 5. The second-order valence-corrected chi connectivity index (χ2v) is 20.1. The van der Waals surface area contributed by atoms with Crippen LogP contribution in [-0.2, 0) is 14.3 Å². The molecule has 0 aliphatic rings. The molecule has 3 atom stereocenters. The van der Waals surface area contributed by atoms with Gasteiger partial charge in [-0.05, 0) is 77.0 Å².